The van der Waals surface area contributed by atoms with Gasteiger partial charge in [0.15, 0.2) is 17.5 Å². The van der Waals surface area contributed by atoms with Gasteiger partial charge in [0.1, 0.15) is 0 Å². The molecule has 4 aliphatic rings. The largest absolute Gasteiger partial charge is 0.383 e. The van der Waals surface area contributed by atoms with Crippen molar-refractivity contribution >= 4 is 34.3 Å². The number of hydrogen-bond donors (Lipinski definition) is 0. The minimum atomic E-state index is -0.417. The minimum absolute atomic E-state index is 0.0221. The highest BCUT2D eigenvalue weighted by Crippen LogP contribution is 2.64. The van der Waals surface area contributed by atoms with Crippen LogP contribution in [0.15, 0.2) is 230 Å². The van der Waals surface area contributed by atoms with Gasteiger partial charge in [-0.1, -0.05) is 206 Å². The molecule has 0 bridgehead atoms. The average molecular weight is 825 g/mol. The summed E-state index contributed by atoms with van der Waals surface area (Å²) in [6.45, 7) is -0.0221. The van der Waals surface area contributed by atoms with Crippen molar-refractivity contribution in [1.82, 2.24) is 15.0 Å². The van der Waals surface area contributed by atoms with Gasteiger partial charge in [-0.2, -0.15) is 0 Å². The molecule has 65 heavy (non-hydrogen) atoms. The molecule has 0 fully saturated rings. The Hall–Kier alpha value is -8.41. The number of anilines is 1. The molecule has 14 rings (SSSR count). The summed E-state index contributed by atoms with van der Waals surface area (Å²) in [5.41, 5.74) is 20.2. The molecule has 4 nitrogen and oxygen atoms in total. The van der Waals surface area contributed by atoms with Gasteiger partial charge in [0.2, 0.25) is 0 Å². The Labute approximate surface area is 377 Å². The van der Waals surface area contributed by atoms with E-state index >= 15 is 0 Å². The molecule has 1 spiro atoms. The SMILES string of the molecule is C1=C2C(=CN3B1c1ccc(-c4nc(-c5ccc(-c6ccccc6)cc5)nc(-c5cccc6ccccc56)n4)cc1-c1ccccc13)C1(c3ccccc32)c2ccccc2-c2ccccc21. The van der Waals surface area contributed by atoms with Crippen molar-refractivity contribution in [3.63, 3.8) is 0 Å². The average Bonchev–Trinajstić information content (AvgIpc) is 3.85. The summed E-state index contributed by atoms with van der Waals surface area (Å²) in [6.07, 6.45) is 2.48. The third-order valence-corrected chi connectivity index (χ3v) is 14.2. The zero-order valence-electron chi connectivity index (χ0n) is 35.2. The Morgan fingerprint density at radius 1 is 0.385 bits per heavy atom. The maximum atomic E-state index is 5.29. The van der Waals surface area contributed by atoms with Crippen molar-refractivity contribution in [2.24, 2.45) is 0 Å². The number of benzene rings is 9. The summed E-state index contributed by atoms with van der Waals surface area (Å²) in [7, 11) is 0. The highest BCUT2D eigenvalue weighted by molar-refractivity contribution is 6.84. The molecule has 3 heterocycles. The van der Waals surface area contributed by atoms with Crippen LogP contribution in [0.25, 0.3) is 83.9 Å². The van der Waals surface area contributed by atoms with E-state index in [2.05, 4.69) is 223 Å². The molecule has 0 atom stereocenters. The van der Waals surface area contributed by atoms with E-state index < -0.39 is 5.41 Å². The van der Waals surface area contributed by atoms with Crippen molar-refractivity contribution in [3.8, 4) is 67.5 Å². The number of hydrogen-bond acceptors (Lipinski definition) is 4. The zero-order chi connectivity index (χ0) is 42.6. The molecular formula is C60H37BN4. The quantitative estimate of drug-likeness (QED) is 0.166. The first-order chi connectivity index (χ1) is 32.2. The van der Waals surface area contributed by atoms with E-state index in [4.69, 9.17) is 15.0 Å². The van der Waals surface area contributed by atoms with Gasteiger partial charge in [-0.3, -0.25) is 0 Å². The molecular weight excluding hydrogens is 787 g/mol. The zero-order valence-corrected chi connectivity index (χ0v) is 35.2. The van der Waals surface area contributed by atoms with Gasteiger partial charge < -0.3 is 4.81 Å². The molecule has 0 saturated heterocycles. The van der Waals surface area contributed by atoms with Crippen LogP contribution < -0.4 is 10.3 Å². The Kier molecular flexibility index (Phi) is 7.67. The minimum Gasteiger partial charge on any atom is -0.383 e. The predicted octanol–water partition coefficient (Wildman–Crippen LogP) is 13.2. The summed E-state index contributed by atoms with van der Waals surface area (Å²) in [5, 5.41) is 2.25. The Morgan fingerprint density at radius 2 is 0.923 bits per heavy atom. The second-order valence-corrected chi connectivity index (χ2v) is 17.5. The first kappa shape index (κ1) is 36.1. The van der Waals surface area contributed by atoms with Gasteiger partial charge in [-0.05, 0) is 95.8 Å². The van der Waals surface area contributed by atoms with Crippen LogP contribution in [0, 0.1) is 0 Å². The molecule has 0 radical (unpaired) electrons. The molecule has 1 aromatic heterocycles. The highest BCUT2D eigenvalue weighted by Gasteiger charge is 2.55. The number of allylic oxidation sites excluding steroid dienone is 2. The Balaban J connectivity index is 0.939. The van der Waals surface area contributed by atoms with E-state index in [1.54, 1.807) is 0 Å². The van der Waals surface area contributed by atoms with Crippen LogP contribution in [0.2, 0.25) is 0 Å². The third-order valence-electron chi connectivity index (χ3n) is 14.2. The van der Waals surface area contributed by atoms with Crippen molar-refractivity contribution in [3.05, 3.63) is 252 Å². The Morgan fingerprint density at radius 3 is 1.69 bits per heavy atom. The maximum absolute atomic E-state index is 5.29. The molecule has 5 heteroatoms. The Bertz CT molecular complexity index is 3630. The lowest BCUT2D eigenvalue weighted by atomic mass is 9.48. The van der Waals surface area contributed by atoms with Crippen molar-refractivity contribution in [2.45, 2.75) is 5.41 Å². The topological polar surface area (TPSA) is 41.9 Å². The fourth-order valence-corrected chi connectivity index (χ4v) is 11.3. The second kappa shape index (κ2) is 13.8. The molecule has 9 aromatic carbocycles. The van der Waals surface area contributed by atoms with Crippen LogP contribution in [-0.4, -0.2) is 21.8 Å². The molecule has 2 aliphatic heterocycles. The standard InChI is InChI=1S/C60H37BN4/c1-2-15-38(16-3-1)39-29-31-41(32-30-39)57-62-58(64-59(63-57)48-24-14-18-40-17-4-5-19-43(40)48)42-33-34-55-49(35-42)47-23-9-13-28-56(47)65-37-54-50(36-61(55)65)46-22-8-12-27-53(46)60(54)51-25-10-6-20-44(51)45-21-7-11-26-52(45)60/h1-37H. The van der Waals surface area contributed by atoms with Crippen LogP contribution >= 0.6 is 0 Å². The summed E-state index contributed by atoms with van der Waals surface area (Å²) in [4.78, 5) is 18.3. The number of para-hydroxylation sites is 1. The third kappa shape index (κ3) is 5.18. The van der Waals surface area contributed by atoms with Gasteiger partial charge >= 0.3 is 6.85 Å². The number of rotatable bonds is 4. The van der Waals surface area contributed by atoms with Crippen LogP contribution in [0.4, 0.5) is 5.69 Å². The van der Waals surface area contributed by atoms with E-state index in [1.807, 2.05) is 6.07 Å². The lowest BCUT2D eigenvalue weighted by Gasteiger charge is -2.40. The monoisotopic (exact) mass is 824 g/mol. The van der Waals surface area contributed by atoms with E-state index in [-0.39, 0.29) is 6.85 Å². The van der Waals surface area contributed by atoms with Crippen LogP contribution in [0.3, 0.4) is 0 Å². The second-order valence-electron chi connectivity index (χ2n) is 17.5. The van der Waals surface area contributed by atoms with Gasteiger partial charge in [0.25, 0.3) is 0 Å². The molecule has 0 unspecified atom stereocenters. The summed E-state index contributed by atoms with van der Waals surface area (Å²) >= 11 is 0. The van der Waals surface area contributed by atoms with Crippen LogP contribution in [0.1, 0.15) is 22.3 Å². The van der Waals surface area contributed by atoms with E-state index in [1.165, 1.54) is 72.4 Å². The smallest absolute Gasteiger partial charge is 0.321 e. The van der Waals surface area contributed by atoms with Gasteiger partial charge in [0, 0.05) is 27.9 Å². The van der Waals surface area contributed by atoms with Gasteiger partial charge in [0.05, 0.1) is 5.41 Å². The summed E-state index contributed by atoms with van der Waals surface area (Å²) < 4.78 is 0. The van der Waals surface area contributed by atoms with E-state index in [9.17, 15) is 0 Å². The predicted molar refractivity (Wildman–Crippen MR) is 267 cm³/mol. The van der Waals surface area contributed by atoms with Gasteiger partial charge in [-0.25, -0.2) is 15.0 Å². The van der Waals surface area contributed by atoms with E-state index in [0.29, 0.717) is 17.5 Å². The van der Waals surface area contributed by atoms with Crippen LogP contribution in [-0.2, 0) is 5.41 Å². The first-order valence-corrected chi connectivity index (χ1v) is 22.4. The summed E-state index contributed by atoms with van der Waals surface area (Å²) in [6, 6.07) is 76.6. The molecule has 0 N–H and O–H groups in total. The lowest BCUT2D eigenvalue weighted by molar-refractivity contribution is 0.791. The molecule has 10 aromatic rings. The van der Waals surface area contributed by atoms with Crippen LogP contribution in [0.5, 0.6) is 0 Å². The maximum Gasteiger partial charge on any atom is 0.321 e. The summed E-state index contributed by atoms with van der Waals surface area (Å²) in [5.74, 6) is 4.46. The first-order valence-electron chi connectivity index (χ1n) is 22.4. The molecule has 300 valence electrons. The fourth-order valence-electron chi connectivity index (χ4n) is 11.3. The molecule has 0 saturated carbocycles. The van der Waals surface area contributed by atoms with Crippen molar-refractivity contribution < 1.29 is 0 Å². The normalized spacial score (nSPS) is 14.4. The number of fused-ring (bicyclic) bond motifs is 17. The van der Waals surface area contributed by atoms with Gasteiger partial charge in [-0.15, -0.1) is 0 Å². The lowest BCUT2D eigenvalue weighted by Crippen LogP contribution is -2.50. The fraction of sp³-hybridized carbons (Fsp3) is 0.0167. The molecule has 2 aliphatic carbocycles. The number of aromatic nitrogens is 3. The highest BCUT2D eigenvalue weighted by atomic mass is 15.1. The van der Waals surface area contributed by atoms with Crippen molar-refractivity contribution in [2.75, 3.05) is 4.81 Å². The molecule has 0 amide bonds. The van der Waals surface area contributed by atoms with E-state index in [0.717, 1.165) is 33.0 Å². The number of nitrogens with zero attached hydrogens (tertiary/aromatic N) is 4. The van der Waals surface area contributed by atoms with Crippen molar-refractivity contribution in [1.29, 1.82) is 0 Å².